The van der Waals surface area contributed by atoms with E-state index in [0.29, 0.717) is 33.7 Å². The standard InChI is InChI=1S/C28H25N3O7S/c1-36-22-14-17(15-23(37-2)25(22)38-3)13-21-26(33)31(18-9-5-4-6-10-18)28(30-21)39-16-24(32)29-20-12-8-7-11-19(20)27(34)35/h4-15H,16H2,1-3H3,(H,29,32)(H,34,35). The summed E-state index contributed by atoms with van der Waals surface area (Å²) in [5.74, 6) is -0.826. The molecule has 1 heterocycles. The first-order valence-corrected chi connectivity index (χ1v) is 12.6. The smallest absolute Gasteiger partial charge is 0.337 e. The third kappa shape index (κ3) is 6.04. The molecule has 0 spiro atoms. The van der Waals surface area contributed by atoms with Crippen molar-refractivity contribution in [2.24, 2.45) is 4.99 Å². The fraction of sp³-hybridized carbons (Fsp3) is 0.143. The summed E-state index contributed by atoms with van der Waals surface area (Å²) >= 11 is 1.05. The molecule has 3 aromatic carbocycles. The summed E-state index contributed by atoms with van der Waals surface area (Å²) in [7, 11) is 4.50. The van der Waals surface area contributed by atoms with Gasteiger partial charge in [0.05, 0.1) is 44.0 Å². The Hall–Kier alpha value is -4.77. The molecule has 0 radical (unpaired) electrons. The summed E-state index contributed by atoms with van der Waals surface area (Å²) in [6, 6.07) is 18.5. The van der Waals surface area contributed by atoms with Crippen LogP contribution in [0.5, 0.6) is 17.2 Å². The van der Waals surface area contributed by atoms with Gasteiger partial charge in [-0.15, -0.1) is 0 Å². The van der Waals surface area contributed by atoms with E-state index >= 15 is 0 Å². The first-order valence-electron chi connectivity index (χ1n) is 11.6. The molecule has 0 aromatic heterocycles. The fourth-order valence-corrected chi connectivity index (χ4v) is 4.65. The number of aliphatic imine (C=N–C) groups is 1. The van der Waals surface area contributed by atoms with E-state index in [1.165, 1.54) is 38.4 Å². The predicted octanol–water partition coefficient (Wildman–Crippen LogP) is 4.53. The Labute approximate surface area is 228 Å². The molecule has 0 fully saturated rings. The molecule has 1 aliphatic rings. The van der Waals surface area contributed by atoms with Gasteiger partial charge in [-0.05, 0) is 48.0 Å². The van der Waals surface area contributed by atoms with Gasteiger partial charge in [0.2, 0.25) is 11.7 Å². The topological polar surface area (TPSA) is 127 Å². The zero-order chi connectivity index (χ0) is 27.9. The molecule has 2 amide bonds. The van der Waals surface area contributed by atoms with Crippen LogP contribution in [0.4, 0.5) is 11.4 Å². The summed E-state index contributed by atoms with van der Waals surface area (Å²) in [6.07, 6.45) is 1.60. The van der Waals surface area contributed by atoms with Gasteiger partial charge in [0.15, 0.2) is 16.7 Å². The van der Waals surface area contributed by atoms with Crippen molar-refractivity contribution in [2.45, 2.75) is 0 Å². The van der Waals surface area contributed by atoms with Crippen LogP contribution in [0.2, 0.25) is 0 Å². The maximum absolute atomic E-state index is 13.5. The number of hydrogen-bond donors (Lipinski definition) is 2. The molecule has 10 nitrogen and oxygen atoms in total. The predicted molar refractivity (Wildman–Crippen MR) is 150 cm³/mol. The Bertz CT molecular complexity index is 1450. The largest absolute Gasteiger partial charge is 0.493 e. The van der Waals surface area contributed by atoms with Crippen LogP contribution in [-0.4, -0.2) is 55.1 Å². The number of ether oxygens (including phenoxy) is 3. The molecule has 200 valence electrons. The van der Waals surface area contributed by atoms with Crippen molar-refractivity contribution in [3.05, 3.63) is 83.6 Å². The van der Waals surface area contributed by atoms with E-state index in [-0.39, 0.29) is 28.6 Å². The van der Waals surface area contributed by atoms with Gasteiger partial charge in [-0.25, -0.2) is 9.79 Å². The molecule has 0 saturated heterocycles. The second kappa shape index (κ2) is 12.2. The van der Waals surface area contributed by atoms with E-state index in [2.05, 4.69) is 10.3 Å². The SMILES string of the molecule is COc1cc(C=C2N=C(SCC(=O)Nc3ccccc3C(=O)O)N(c3ccccc3)C2=O)cc(OC)c1OC. The lowest BCUT2D eigenvalue weighted by atomic mass is 10.1. The molecule has 0 unspecified atom stereocenters. The number of carboxylic acids is 1. The Balaban J connectivity index is 1.63. The average Bonchev–Trinajstić information content (AvgIpc) is 3.26. The third-order valence-electron chi connectivity index (χ3n) is 5.60. The summed E-state index contributed by atoms with van der Waals surface area (Å²) in [4.78, 5) is 43.6. The lowest BCUT2D eigenvalue weighted by molar-refractivity contribution is -0.114. The van der Waals surface area contributed by atoms with Crippen LogP contribution in [0, 0.1) is 0 Å². The molecule has 11 heteroatoms. The number of methoxy groups -OCH3 is 3. The number of anilines is 2. The number of amides is 2. The van der Waals surface area contributed by atoms with E-state index in [9.17, 15) is 19.5 Å². The number of nitrogens with zero attached hydrogens (tertiary/aromatic N) is 2. The van der Waals surface area contributed by atoms with Gasteiger partial charge in [0.25, 0.3) is 5.91 Å². The number of carbonyl (C=O) groups excluding carboxylic acids is 2. The number of amidine groups is 1. The highest BCUT2D eigenvalue weighted by Crippen LogP contribution is 2.39. The molecular formula is C28H25N3O7S. The first kappa shape index (κ1) is 27.3. The number of rotatable bonds is 9. The maximum Gasteiger partial charge on any atom is 0.337 e. The molecular weight excluding hydrogens is 522 g/mol. The number of hydrogen-bond acceptors (Lipinski definition) is 8. The minimum atomic E-state index is -1.15. The van der Waals surface area contributed by atoms with Crippen molar-refractivity contribution in [2.75, 3.05) is 37.3 Å². The number of carboxylic acid groups (broad SMARTS) is 1. The summed E-state index contributed by atoms with van der Waals surface area (Å²) in [6.45, 7) is 0. The monoisotopic (exact) mass is 547 g/mol. The number of aromatic carboxylic acids is 1. The van der Waals surface area contributed by atoms with Crippen LogP contribution >= 0.6 is 11.8 Å². The van der Waals surface area contributed by atoms with Crippen molar-refractivity contribution < 1.29 is 33.7 Å². The van der Waals surface area contributed by atoms with Crippen molar-refractivity contribution in [1.29, 1.82) is 0 Å². The van der Waals surface area contributed by atoms with E-state index in [1.807, 2.05) is 6.07 Å². The molecule has 4 rings (SSSR count). The van der Waals surface area contributed by atoms with E-state index in [4.69, 9.17) is 14.2 Å². The van der Waals surface area contributed by atoms with Crippen LogP contribution in [0.15, 0.2) is 77.4 Å². The van der Waals surface area contributed by atoms with Gasteiger partial charge >= 0.3 is 5.97 Å². The Morgan fingerprint density at radius 1 is 0.974 bits per heavy atom. The zero-order valence-electron chi connectivity index (χ0n) is 21.3. The van der Waals surface area contributed by atoms with Crippen LogP contribution in [0.3, 0.4) is 0 Å². The first-order chi connectivity index (χ1) is 18.9. The Kier molecular flexibility index (Phi) is 8.52. The molecule has 0 atom stereocenters. The molecule has 2 N–H and O–H groups in total. The third-order valence-corrected chi connectivity index (χ3v) is 6.54. The molecule has 1 aliphatic heterocycles. The highest BCUT2D eigenvalue weighted by atomic mass is 32.2. The molecule has 3 aromatic rings. The van der Waals surface area contributed by atoms with Crippen molar-refractivity contribution in [3.63, 3.8) is 0 Å². The summed E-state index contributed by atoms with van der Waals surface area (Å²) in [5, 5.41) is 12.3. The quantitative estimate of drug-likeness (QED) is 0.374. The normalized spacial score (nSPS) is 13.7. The molecule has 0 saturated carbocycles. The second-order valence-corrected chi connectivity index (χ2v) is 8.99. The number of para-hydroxylation sites is 2. The minimum absolute atomic E-state index is 0.0225. The van der Waals surface area contributed by atoms with Gasteiger partial charge < -0.3 is 24.6 Å². The van der Waals surface area contributed by atoms with Crippen LogP contribution < -0.4 is 24.4 Å². The van der Waals surface area contributed by atoms with Gasteiger partial charge in [0, 0.05) is 0 Å². The number of carbonyl (C=O) groups is 3. The van der Waals surface area contributed by atoms with E-state index in [0.717, 1.165) is 11.8 Å². The minimum Gasteiger partial charge on any atom is -0.493 e. The Morgan fingerprint density at radius 3 is 2.23 bits per heavy atom. The van der Waals surface area contributed by atoms with Crippen molar-refractivity contribution in [1.82, 2.24) is 0 Å². The molecule has 39 heavy (non-hydrogen) atoms. The Morgan fingerprint density at radius 2 is 1.62 bits per heavy atom. The number of nitrogens with one attached hydrogen (secondary N) is 1. The molecule has 0 aliphatic carbocycles. The van der Waals surface area contributed by atoms with Crippen LogP contribution in [0.25, 0.3) is 6.08 Å². The van der Waals surface area contributed by atoms with Gasteiger partial charge in [-0.1, -0.05) is 42.1 Å². The van der Waals surface area contributed by atoms with E-state index in [1.54, 1.807) is 54.6 Å². The van der Waals surface area contributed by atoms with Crippen molar-refractivity contribution in [3.8, 4) is 17.2 Å². The second-order valence-electron chi connectivity index (χ2n) is 8.05. The average molecular weight is 548 g/mol. The maximum atomic E-state index is 13.5. The van der Waals surface area contributed by atoms with Gasteiger partial charge in [-0.3, -0.25) is 14.5 Å². The number of benzene rings is 3. The number of thioether (sulfide) groups is 1. The fourth-order valence-electron chi connectivity index (χ4n) is 3.84. The van der Waals surface area contributed by atoms with Crippen molar-refractivity contribution >= 4 is 52.2 Å². The zero-order valence-corrected chi connectivity index (χ0v) is 22.2. The molecule has 0 bridgehead atoms. The summed E-state index contributed by atoms with van der Waals surface area (Å²) in [5.41, 5.74) is 1.48. The lowest BCUT2D eigenvalue weighted by Gasteiger charge is -2.17. The summed E-state index contributed by atoms with van der Waals surface area (Å²) < 4.78 is 16.2. The highest BCUT2D eigenvalue weighted by molar-refractivity contribution is 8.14. The van der Waals surface area contributed by atoms with Crippen LogP contribution in [-0.2, 0) is 9.59 Å². The van der Waals surface area contributed by atoms with E-state index < -0.39 is 11.9 Å². The van der Waals surface area contributed by atoms with Crippen LogP contribution in [0.1, 0.15) is 15.9 Å². The lowest BCUT2D eigenvalue weighted by Crippen LogP contribution is -2.31. The van der Waals surface area contributed by atoms with Gasteiger partial charge in [0.1, 0.15) is 5.70 Å². The van der Waals surface area contributed by atoms with Gasteiger partial charge in [-0.2, -0.15) is 0 Å². The highest BCUT2D eigenvalue weighted by Gasteiger charge is 2.32.